The van der Waals surface area contributed by atoms with E-state index in [2.05, 4.69) is 21.2 Å². The predicted octanol–water partition coefficient (Wildman–Crippen LogP) is 5.86. The average Bonchev–Trinajstić information content (AvgIpc) is 2.87. The standard InChI is InChI=1S/C29H33BrClN3O4S/c1-19(2)32-29(36)22(5)33(17-23-9-11-24(30)12-10-23)28(35)18-34(27-16-25(31)13-8-21(27)4)39(37,38)26-14-6-20(3)7-15-26/h6-16,19,22H,17-18H2,1-5H3,(H,32,36). The molecule has 3 aromatic carbocycles. The summed E-state index contributed by atoms with van der Waals surface area (Å²) in [4.78, 5) is 28.4. The molecule has 1 N–H and O–H groups in total. The molecule has 0 heterocycles. The molecule has 10 heteroatoms. The van der Waals surface area contributed by atoms with Crippen LogP contribution in [0.15, 0.2) is 76.1 Å². The molecule has 39 heavy (non-hydrogen) atoms. The van der Waals surface area contributed by atoms with Gasteiger partial charge < -0.3 is 10.2 Å². The summed E-state index contributed by atoms with van der Waals surface area (Å²) in [6.07, 6.45) is 0. The summed E-state index contributed by atoms with van der Waals surface area (Å²) in [5, 5.41) is 3.18. The van der Waals surface area contributed by atoms with Crippen LogP contribution in [0, 0.1) is 13.8 Å². The minimum Gasteiger partial charge on any atom is -0.352 e. The van der Waals surface area contributed by atoms with E-state index in [0.29, 0.717) is 16.3 Å². The minimum atomic E-state index is -4.16. The van der Waals surface area contributed by atoms with E-state index < -0.39 is 28.5 Å². The fourth-order valence-corrected chi connectivity index (χ4v) is 5.88. The number of anilines is 1. The largest absolute Gasteiger partial charge is 0.352 e. The molecule has 0 aliphatic rings. The number of nitrogens with zero attached hydrogens (tertiary/aromatic N) is 2. The van der Waals surface area contributed by atoms with Gasteiger partial charge >= 0.3 is 0 Å². The van der Waals surface area contributed by atoms with E-state index in [-0.39, 0.29) is 23.4 Å². The van der Waals surface area contributed by atoms with Crippen molar-refractivity contribution in [2.24, 2.45) is 0 Å². The maximum atomic E-state index is 14.0. The summed E-state index contributed by atoms with van der Waals surface area (Å²) in [5.41, 5.74) is 2.62. The van der Waals surface area contributed by atoms with Gasteiger partial charge in [0.1, 0.15) is 12.6 Å². The van der Waals surface area contributed by atoms with Crippen LogP contribution >= 0.6 is 27.5 Å². The number of nitrogens with one attached hydrogen (secondary N) is 1. The molecule has 0 radical (unpaired) electrons. The number of rotatable bonds is 10. The Bertz CT molecular complexity index is 1430. The van der Waals surface area contributed by atoms with E-state index in [4.69, 9.17) is 11.6 Å². The van der Waals surface area contributed by atoms with Gasteiger partial charge in [-0.15, -0.1) is 0 Å². The number of carbonyl (C=O) groups is 2. The monoisotopic (exact) mass is 633 g/mol. The van der Waals surface area contributed by atoms with Crippen LogP contribution in [0.3, 0.4) is 0 Å². The molecule has 1 atom stereocenters. The van der Waals surface area contributed by atoms with Gasteiger partial charge in [-0.3, -0.25) is 13.9 Å². The van der Waals surface area contributed by atoms with Crippen LogP contribution in [0.4, 0.5) is 5.69 Å². The van der Waals surface area contributed by atoms with E-state index in [9.17, 15) is 18.0 Å². The fraction of sp³-hybridized carbons (Fsp3) is 0.310. The lowest BCUT2D eigenvalue weighted by molar-refractivity contribution is -0.139. The van der Waals surface area contributed by atoms with Gasteiger partial charge in [0, 0.05) is 22.1 Å². The van der Waals surface area contributed by atoms with Gasteiger partial charge in [0.2, 0.25) is 11.8 Å². The van der Waals surface area contributed by atoms with Gasteiger partial charge in [-0.1, -0.05) is 63.4 Å². The Hall–Kier alpha value is -2.88. The first-order valence-corrected chi connectivity index (χ1v) is 15.1. The first-order chi connectivity index (χ1) is 18.3. The summed E-state index contributed by atoms with van der Waals surface area (Å²) >= 11 is 9.67. The molecule has 7 nitrogen and oxygen atoms in total. The second kappa shape index (κ2) is 13.0. The van der Waals surface area contributed by atoms with Crippen molar-refractivity contribution in [3.05, 3.63) is 92.9 Å². The number of hydrogen-bond acceptors (Lipinski definition) is 4. The molecule has 3 aromatic rings. The second-order valence-electron chi connectivity index (χ2n) is 9.74. The van der Waals surface area contributed by atoms with Crippen molar-refractivity contribution in [1.29, 1.82) is 0 Å². The number of aryl methyl sites for hydroxylation is 2. The number of halogens is 2. The Labute approximate surface area is 244 Å². The highest BCUT2D eigenvalue weighted by Gasteiger charge is 2.33. The molecule has 0 aromatic heterocycles. The smallest absolute Gasteiger partial charge is 0.264 e. The Morgan fingerprint density at radius 3 is 2.15 bits per heavy atom. The van der Waals surface area contributed by atoms with Gasteiger partial charge in [-0.2, -0.15) is 0 Å². The van der Waals surface area contributed by atoms with Crippen molar-refractivity contribution in [2.75, 3.05) is 10.8 Å². The molecule has 0 aliphatic carbocycles. The average molecular weight is 635 g/mol. The predicted molar refractivity (Wildman–Crippen MR) is 159 cm³/mol. The third-order valence-corrected chi connectivity index (χ3v) is 8.73. The van der Waals surface area contributed by atoms with Crippen LogP contribution in [-0.2, 0) is 26.2 Å². The number of sulfonamides is 1. The van der Waals surface area contributed by atoms with Crippen LogP contribution in [0.2, 0.25) is 5.02 Å². The number of benzene rings is 3. The molecule has 0 fully saturated rings. The summed E-state index contributed by atoms with van der Waals surface area (Å²) in [6, 6.07) is 17.7. The van der Waals surface area contributed by atoms with Gasteiger partial charge in [0.25, 0.3) is 10.0 Å². The molecule has 2 amide bonds. The van der Waals surface area contributed by atoms with Crippen LogP contribution in [0.1, 0.15) is 37.5 Å². The SMILES string of the molecule is Cc1ccc(S(=O)(=O)N(CC(=O)N(Cc2ccc(Br)cc2)C(C)C(=O)NC(C)C)c2cc(Cl)ccc2C)cc1. The van der Waals surface area contributed by atoms with E-state index >= 15 is 0 Å². The maximum Gasteiger partial charge on any atom is 0.264 e. The minimum absolute atomic E-state index is 0.0466. The van der Waals surface area contributed by atoms with Crippen molar-refractivity contribution in [3.8, 4) is 0 Å². The lowest BCUT2D eigenvalue weighted by Gasteiger charge is -2.32. The summed E-state index contributed by atoms with van der Waals surface area (Å²) in [7, 11) is -4.16. The first-order valence-electron chi connectivity index (χ1n) is 12.5. The Morgan fingerprint density at radius 1 is 0.949 bits per heavy atom. The van der Waals surface area contributed by atoms with Crippen molar-refractivity contribution < 1.29 is 18.0 Å². The zero-order valence-corrected chi connectivity index (χ0v) is 25.8. The molecule has 0 saturated heterocycles. The summed E-state index contributed by atoms with van der Waals surface area (Å²) < 4.78 is 29.8. The summed E-state index contributed by atoms with van der Waals surface area (Å²) in [6.45, 7) is 8.53. The van der Waals surface area contributed by atoms with Crippen LogP contribution in [0.5, 0.6) is 0 Å². The fourth-order valence-electron chi connectivity index (χ4n) is 3.98. The number of hydrogen-bond donors (Lipinski definition) is 1. The van der Waals surface area contributed by atoms with E-state index in [1.807, 2.05) is 45.0 Å². The molecule has 208 valence electrons. The van der Waals surface area contributed by atoms with Crippen molar-refractivity contribution >= 4 is 55.1 Å². The summed E-state index contributed by atoms with van der Waals surface area (Å²) in [5.74, 6) is -0.860. The molecule has 3 rings (SSSR count). The normalized spacial score (nSPS) is 12.2. The molecule has 1 unspecified atom stereocenters. The Balaban J connectivity index is 2.07. The Kier molecular flexibility index (Phi) is 10.2. The third kappa shape index (κ3) is 7.84. The molecule has 0 aliphatic heterocycles. The van der Waals surface area contributed by atoms with Gasteiger partial charge in [0.05, 0.1) is 10.6 Å². The number of amides is 2. The lowest BCUT2D eigenvalue weighted by Crippen LogP contribution is -2.52. The van der Waals surface area contributed by atoms with E-state index in [1.54, 1.807) is 38.1 Å². The Morgan fingerprint density at radius 2 is 1.56 bits per heavy atom. The van der Waals surface area contributed by atoms with E-state index in [1.165, 1.54) is 23.1 Å². The molecular formula is C29H33BrClN3O4S. The van der Waals surface area contributed by atoms with Crippen LogP contribution in [-0.4, -0.2) is 43.8 Å². The van der Waals surface area contributed by atoms with Crippen LogP contribution in [0.25, 0.3) is 0 Å². The molecular weight excluding hydrogens is 602 g/mol. The van der Waals surface area contributed by atoms with Gasteiger partial charge in [-0.25, -0.2) is 8.42 Å². The molecule has 0 bridgehead atoms. The van der Waals surface area contributed by atoms with Crippen molar-refractivity contribution in [3.63, 3.8) is 0 Å². The van der Waals surface area contributed by atoms with Crippen molar-refractivity contribution in [2.45, 2.75) is 58.1 Å². The molecule has 0 saturated carbocycles. The first kappa shape index (κ1) is 30.7. The van der Waals surface area contributed by atoms with E-state index in [0.717, 1.165) is 19.9 Å². The second-order valence-corrected chi connectivity index (χ2v) is 13.0. The van der Waals surface area contributed by atoms with Gasteiger partial charge in [-0.05, 0) is 82.1 Å². The zero-order valence-electron chi connectivity index (χ0n) is 22.6. The highest BCUT2D eigenvalue weighted by Crippen LogP contribution is 2.30. The lowest BCUT2D eigenvalue weighted by atomic mass is 10.1. The maximum absolute atomic E-state index is 14.0. The number of carbonyl (C=O) groups excluding carboxylic acids is 2. The van der Waals surface area contributed by atoms with Crippen LogP contribution < -0.4 is 9.62 Å². The zero-order chi connectivity index (χ0) is 28.9. The highest BCUT2D eigenvalue weighted by atomic mass is 79.9. The highest BCUT2D eigenvalue weighted by molar-refractivity contribution is 9.10. The quantitative estimate of drug-likeness (QED) is 0.303. The topological polar surface area (TPSA) is 86.8 Å². The third-order valence-electron chi connectivity index (χ3n) is 6.19. The van der Waals surface area contributed by atoms with Crippen molar-refractivity contribution in [1.82, 2.24) is 10.2 Å². The van der Waals surface area contributed by atoms with Gasteiger partial charge in [0.15, 0.2) is 0 Å². The molecule has 0 spiro atoms.